The molecule has 1 fully saturated rings. The SMILES string of the molecule is CCCN1CCOC(C(O)Cc2ccc(F)cc2F)C1. The van der Waals surface area contributed by atoms with Gasteiger partial charge < -0.3 is 9.84 Å². The van der Waals surface area contributed by atoms with E-state index in [4.69, 9.17) is 4.74 Å². The van der Waals surface area contributed by atoms with E-state index in [0.717, 1.165) is 25.6 Å². The van der Waals surface area contributed by atoms with Crippen LogP contribution in [-0.4, -0.2) is 48.5 Å². The molecule has 1 saturated heterocycles. The van der Waals surface area contributed by atoms with Crippen LogP contribution in [0.15, 0.2) is 18.2 Å². The Morgan fingerprint density at radius 1 is 1.45 bits per heavy atom. The minimum atomic E-state index is -0.783. The molecule has 1 aromatic rings. The smallest absolute Gasteiger partial charge is 0.129 e. The van der Waals surface area contributed by atoms with E-state index in [1.165, 1.54) is 12.1 Å². The summed E-state index contributed by atoms with van der Waals surface area (Å²) in [6.07, 6.45) is 0.0842. The van der Waals surface area contributed by atoms with Crippen molar-refractivity contribution < 1.29 is 18.6 Å². The van der Waals surface area contributed by atoms with Gasteiger partial charge in [0.25, 0.3) is 0 Å². The van der Waals surface area contributed by atoms with Crippen molar-refractivity contribution in [2.75, 3.05) is 26.2 Å². The number of nitrogens with zero attached hydrogens (tertiary/aromatic N) is 1. The summed E-state index contributed by atoms with van der Waals surface area (Å²) in [5, 5.41) is 10.2. The lowest BCUT2D eigenvalue weighted by molar-refractivity contribution is -0.0879. The van der Waals surface area contributed by atoms with Crippen LogP contribution in [0.1, 0.15) is 18.9 Å². The third-order valence-electron chi connectivity index (χ3n) is 3.59. The molecule has 0 saturated carbocycles. The lowest BCUT2D eigenvalue weighted by Gasteiger charge is -2.35. The van der Waals surface area contributed by atoms with Gasteiger partial charge in [-0.15, -0.1) is 0 Å². The summed E-state index contributed by atoms with van der Waals surface area (Å²) in [6.45, 7) is 5.17. The minimum absolute atomic E-state index is 0.136. The summed E-state index contributed by atoms with van der Waals surface area (Å²) < 4.78 is 32.0. The fourth-order valence-corrected chi connectivity index (χ4v) is 2.53. The van der Waals surface area contributed by atoms with Gasteiger partial charge in [0.05, 0.1) is 18.8 Å². The molecule has 2 atom stereocenters. The van der Waals surface area contributed by atoms with Crippen molar-refractivity contribution in [2.24, 2.45) is 0 Å². The molecule has 0 spiro atoms. The summed E-state index contributed by atoms with van der Waals surface area (Å²) in [4.78, 5) is 2.23. The van der Waals surface area contributed by atoms with Crippen LogP contribution in [0.25, 0.3) is 0 Å². The molecule has 0 radical (unpaired) electrons. The summed E-state index contributed by atoms with van der Waals surface area (Å²) >= 11 is 0. The molecule has 1 aliphatic heterocycles. The standard InChI is InChI=1S/C15H21F2NO2/c1-2-5-18-6-7-20-15(10-18)14(19)8-11-3-4-12(16)9-13(11)17/h3-4,9,14-15,19H,2,5-8,10H2,1H3. The Morgan fingerprint density at radius 2 is 2.25 bits per heavy atom. The van der Waals surface area contributed by atoms with Crippen LogP contribution >= 0.6 is 0 Å². The Kier molecular flexibility index (Phi) is 5.46. The van der Waals surface area contributed by atoms with Gasteiger partial charge in [-0.3, -0.25) is 4.90 Å². The van der Waals surface area contributed by atoms with Gasteiger partial charge in [0, 0.05) is 25.6 Å². The Hall–Kier alpha value is -1.04. The third kappa shape index (κ3) is 3.98. The highest BCUT2D eigenvalue weighted by atomic mass is 19.1. The molecule has 0 amide bonds. The van der Waals surface area contributed by atoms with Crippen molar-refractivity contribution in [1.29, 1.82) is 0 Å². The number of aliphatic hydroxyl groups is 1. The number of rotatable bonds is 5. The molecule has 0 aromatic heterocycles. The number of hydrogen-bond donors (Lipinski definition) is 1. The lowest BCUT2D eigenvalue weighted by atomic mass is 10.0. The molecule has 1 heterocycles. The van der Waals surface area contributed by atoms with Gasteiger partial charge in [-0.05, 0) is 24.6 Å². The largest absolute Gasteiger partial charge is 0.390 e. The molecule has 112 valence electrons. The third-order valence-corrected chi connectivity index (χ3v) is 3.59. The molecule has 1 N–H and O–H groups in total. The number of halogens is 2. The van der Waals surface area contributed by atoms with Crippen molar-refractivity contribution in [1.82, 2.24) is 4.90 Å². The average Bonchev–Trinajstić information content (AvgIpc) is 2.42. The van der Waals surface area contributed by atoms with E-state index in [0.29, 0.717) is 18.7 Å². The maximum Gasteiger partial charge on any atom is 0.129 e. The van der Waals surface area contributed by atoms with Gasteiger partial charge in [0.1, 0.15) is 11.6 Å². The van der Waals surface area contributed by atoms with E-state index >= 15 is 0 Å². The predicted octanol–water partition coefficient (Wildman–Crippen LogP) is 1.98. The van der Waals surface area contributed by atoms with Gasteiger partial charge in [0.2, 0.25) is 0 Å². The predicted molar refractivity (Wildman–Crippen MR) is 72.5 cm³/mol. The van der Waals surface area contributed by atoms with Gasteiger partial charge in [0.15, 0.2) is 0 Å². The molecule has 1 aliphatic rings. The first kappa shape index (κ1) is 15.4. The number of benzene rings is 1. The van der Waals surface area contributed by atoms with Crippen LogP contribution in [0.2, 0.25) is 0 Å². The molecule has 20 heavy (non-hydrogen) atoms. The second-order valence-corrected chi connectivity index (χ2v) is 5.22. The number of ether oxygens (including phenoxy) is 1. The van der Waals surface area contributed by atoms with Gasteiger partial charge in [-0.25, -0.2) is 8.78 Å². The first-order valence-corrected chi connectivity index (χ1v) is 7.06. The van der Waals surface area contributed by atoms with E-state index in [2.05, 4.69) is 11.8 Å². The fraction of sp³-hybridized carbons (Fsp3) is 0.600. The van der Waals surface area contributed by atoms with E-state index in [-0.39, 0.29) is 12.5 Å². The zero-order valence-electron chi connectivity index (χ0n) is 11.7. The summed E-state index contributed by atoms with van der Waals surface area (Å²) in [5.41, 5.74) is 0.315. The minimum Gasteiger partial charge on any atom is -0.390 e. The van der Waals surface area contributed by atoms with Crippen LogP contribution in [-0.2, 0) is 11.2 Å². The highest BCUT2D eigenvalue weighted by molar-refractivity contribution is 5.19. The van der Waals surface area contributed by atoms with Crippen LogP contribution in [0.5, 0.6) is 0 Å². The summed E-state index contributed by atoms with van der Waals surface area (Å²) in [7, 11) is 0. The highest BCUT2D eigenvalue weighted by Crippen LogP contribution is 2.16. The lowest BCUT2D eigenvalue weighted by Crippen LogP contribution is -2.48. The number of hydrogen-bond acceptors (Lipinski definition) is 3. The Balaban J connectivity index is 1.95. The molecule has 2 rings (SSSR count). The Bertz CT molecular complexity index is 440. The van der Waals surface area contributed by atoms with Crippen molar-refractivity contribution in [3.8, 4) is 0 Å². The number of morpholine rings is 1. The zero-order chi connectivity index (χ0) is 14.5. The maximum absolute atomic E-state index is 13.6. The van der Waals surface area contributed by atoms with Crippen molar-refractivity contribution in [2.45, 2.75) is 32.0 Å². The zero-order valence-corrected chi connectivity index (χ0v) is 11.7. The first-order valence-electron chi connectivity index (χ1n) is 7.06. The molecule has 2 unspecified atom stereocenters. The Labute approximate surface area is 118 Å². The van der Waals surface area contributed by atoms with Crippen LogP contribution in [0.4, 0.5) is 8.78 Å². The molecule has 0 aliphatic carbocycles. The Morgan fingerprint density at radius 3 is 2.95 bits per heavy atom. The van der Waals surface area contributed by atoms with Crippen LogP contribution < -0.4 is 0 Å². The van der Waals surface area contributed by atoms with E-state index < -0.39 is 17.7 Å². The molecule has 0 bridgehead atoms. The van der Waals surface area contributed by atoms with E-state index in [1.807, 2.05) is 0 Å². The second-order valence-electron chi connectivity index (χ2n) is 5.22. The average molecular weight is 285 g/mol. The molecule has 3 nitrogen and oxygen atoms in total. The first-order chi connectivity index (χ1) is 9.60. The second kappa shape index (κ2) is 7.11. The van der Waals surface area contributed by atoms with Gasteiger partial charge in [-0.2, -0.15) is 0 Å². The quantitative estimate of drug-likeness (QED) is 0.898. The fourth-order valence-electron chi connectivity index (χ4n) is 2.53. The van der Waals surface area contributed by atoms with Crippen LogP contribution in [0.3, 0.4) is 0 Å². The number of aliphatic hydroxyl groups excluding tert-OH is 1. The summed E-state index contributed by atoms with van der Waals surface area (Å²) in [6, 6.07) is 3.42. The van der Waals surface area contributed by atoms with Gasteiger partial charge >= 0.3 is 0 Å². The normalized spacial score (nSPS) is 21.9. The van der Waals surface area contributed by atoms with E-state index in [1.54, 1.807) is 0 Å². The summed E-state index contributed by atoms with van der Waals surface area (Å²) in [5.74, 6) is -1.23. The molecular weight excluding hydrogens is 264 g/mol. The molecular formula is C15H21F2NO2. The highest BCUT2D eigenvalue weighted by Gasteiger charge is 2.27. The topological polar surface area (TPSA) is 32.7 Å². The monoisotopic (exact) mass is 285 g/mol. The maximum atomic E-state index is 13.6. The molecule has 5 heteroatoms. The van der Waals surface area contributed by atoms with Crippen molar-refractivity contribution >= 4 is 0 Å². The van der Waals surface area contributed by atoms with Gasteiger partial charge in [-0.1, -0.05) is 13.0 Å². The van der Waals surface area contributed by atoms with E-state index in [9.17, 15) is 13.9 Å². The van der Waals surface area contributed by atoms with Crippen molar-refractivity contribution in [3.63, 3.8) is 0 Å². The van der Waals surface area contributed by atoms with Crippen molar-refractivity contribution in [3.05, 3.63) is 35.4 Å². The van der Waals surface area contributed by atoms with Crippen LogP contribution in [0, 0.1) is 11.6 Å². The molecule has 1 aromatic carbocycles.